The molecule has 1 rings (SSSR count). The van der Waals surface area contributed by atoms with E-state index >= 15 is 0 Å². The fourth-order valence-electron chi connectivity index (χ4n) is 2.14. The van der Waals surface area contributed by atoms with E-state index in [1.54, 1.807) is 0 Å². The molecule has 0 unspecified atom stereocenters. The molecule has 0 spiro atoms. The summed E-state index contributed by atoms with van der Waals surface area (Å²) in [6, 6.07) is 3.85. The van der Waals surface area contributed by atoms with Crippen molar-refractivity contribution in [2.45, 2.75) is 34.1 Å². The summed E-state index contributed by atoms with van der Waals surface area (Å²) in [6.07, 6.45) is 0.617. The third-order valence-corrected chi connectivity index (χ3v) is 4.41. The SMILES string of the molecule is CC(C)CN(CCC(=O)c1ccc(Br)s1)CC(C)C. The topological polar surface area (TPSA) is 20.3 Å². The normalized spacial score (nSPS) is 11.8. The molecule has 108 valence electrons. The number of rotatable bonds is 8. The van der Waals surface area contributed by atoms with Crippen molar-refractivity contribution in [3.63, 3.8) is 0 Å². The second-order valence-corrected chi connectivity index (χ2v) is 8.29. The second kappa shape index (κ2) is 8.18. The van der Waals surface area contributed by atoms with Gasteiger partial charge in [-0.05, 0) is 39.9 Å². The van der Waals surface area contributed by atoms with Crippen molar-refractivity contribution in [1.29, 1.82) is 0 Å². The molecule has 0 atom stereocenters. The lowest BCUT2D eigenvalue weighted by Crippen LogP contribution is -2.33. The van der Waals surface area contributed by atoms with Crippen LogP contribution in [0.15, 0.2) is 15.9 Å². The maximum absolute atomic E-state index is 12.1. The van der Waals surface area contributed by atoms with Gasteiger partial charge in [0.25, 0.3) is 0 Å². The highest BCUT2D eigenvalue weighted by Crippen LogP contribution is 2.23. The summed E-state index contributed by atoms with van der Waals surface area (Å²) >= 11 is 4.93. The average molecular weight is 346 g/mol. The third-order valence-electron chi connectivity index (χ3n) is 2.75. The Balaban J connectivity index is 2.48. The molecule has 1 aromatic rings. The van der Waals surface area contributed by atoms with Gasteiger partial charge in [-0.3, -0.25) is 4.79 Å². The first kappa shape index (κ1) is 16.9. The van der Waals surface area contributed by atoms with Crippen molar-refractivity contribution >= 4 is 33.0 Å². The van der Waals surface area contributed by atoms with Crippen LogP contribution in [0.2, 0.25) is 0 Å². The van der Waals surface area contributed by atoms with E-state index in [4.69, 9.17) is 0 Å². The Hall–Kier alpha value is -0.190. The summed E-state index contributed by atoms with van der Waals surface area (Å²) in [7, 11) is 0. The van der Waals surface area contributed by atoms with E-state index in [0.717, 1.165) is 28.3 Å². The Morgan fingerprint density at radius 3 is 2.21 bits per heavy atom. The molecule has 0 amide bonds. The lowest BCUT2D eigenvalue weighted by atomic mass is 10.1. The molecule has 0 radical (unpaired) electrons. The molecular formula is C15H24BrNOS. The third kappa shape index (κ3) is 6.68. The molecule has 0 aliphatic rings. The number of nitrogens with zero attached hydrogens (tertiary/aromatic N) is 1. The van der Waals surface area contributed by atoms with Crippen molar-refractivity contribution < 1.29 is 4.79 Å². The number of carbonyl (C=O) groups excluding carboxylic acids is 1. The number of hydrogen-bond donors (Lipinski definition) is 0. The van der Waals surface area contributed by atoms with Gasteiger partial charge in [-0.25, -0.2) is 0 Å². The fourth-order valence-corrected chi connectivity index (χ4v) is 3.49. The van der Waals surface area contributed by atoms with E-state index < -0.39 is 0 Å². The Morgan fingerprint density at radius 2 is 1.79 bits per heavy atom. The van der Waals surface area contributed by atoms with Crippen LogP contribution < -0.4 is 0 Å². The first-order valence-electron chi connectivity index (χ1n) is 6.89. The Bertz CT molecular complexity index is 391. The van der Waals surface area contributed by atoms with Crippen LogP contribution in [0.4, 0.5) is 0 Å². The number of halogens is 1. The number of carbonyl (C=O) groups is 1. The number of hydrogen-bond acceptors (Lipinski definition) is 3. The predicted octanol–water partition coefficient (Wildman–Crippen LogP) is 4.70. The predicted molar refractivity (Wildman–Crippen MR) is 87.1 cm³/mol. The first-order chi connectivity index (χ1) is 8.88. The lowest BCUT2D eigenvalue weighted by Gasteiger charge is -2.25. The van der Waals surface area contributed by atoms with E-state index in [9.17, 15) is 4.79 Å². The molecule has 19 heavy (non-hydrogen) atoms. The molecule has 0 aliphatic carbocycles. The summed E-state index contributed by atoms with van der Waals surface area (Å²) in [5.74, 6) is 1.54. The van der Waals surface area contributed by atoms with Crippen LogP contribution >= 0.6 is 27.3 Å². The van der Waals surface area contributed by atoms with Gasteiger partial charge >= 0.3 is 0 Å². The molecule has 1 aromatic heterocycles. The number of ketones is 1. The Labute approximate surface area is 129 Å². The van der Waals surface area contributed by atoms with E-state index in [1.165, 1.54) is 11.3 Å². The van der Waals surface area contributed by atoms with Crippen molar-refractivity contribution in [3.8, 4) is 0 Å². The maximum atomic E-state index is 12.1. The van der Waals surface area contributed by atoms with Gasteiger partial charge in [0.1, 0.15) is 0 Å². The molecule has 0 saturated heterocycles. The molecule has 4 heteroatoms. The minimum atomic E-state index is 0.258. The van der Waals surface area contributed by atoms with Gasteiger partial charge in [-0.1, -0.05) is 27.7 Å². The van der Waals surface area contributed by atoms with Crippen molar-refractivity contribution in [2.75, 3.05) is 19.6 Å². The van der Waals surface area contributed by atoms with E-state index in [0.29, 0.717) is 18.3 Å². The molecule has 0 aromatic carbocycles. The monoisotopic (exact) mass is 345 g/mol. The molecule has 0 saturated carbocycles. The van der Waals surface area contributed by atoms with Crippen LogP contribution in [0.25, 0.3) is 0 Å². The fraction of sp³-hybridized carbons (Fsp3) is 0.667. The summed E-state index contributed by atoms with van der Waals surface area (Å²) in [4.78, 5) is 15.4. The highest BCUT2D eigenvalue weighted by Gasteiger charge is 2.13. The van der Waals surface area contributed by atoms with Crippen molar-refractivity contribution in [3.05, 3.63) is 20.8 Å². The summed E-state index contributed by atoms with van der Waals surface area (Å²) in [5, 5.41) is 0. The quantitative estimate of drug-likeness (QED) is 0.636. The van der Waals surface area contributed by atoms with E-state index in [-0.39, 0.29) is 5.78 Å². The van der Waals surface area contributed by atoms with Crippen LogP contribution in [-0.4, -0.2) is 30.3 Å². The Morgan fingerprint density at radius 1 is 1.21 bits per heavy atom. The molecule has 2 nitrogen and oxygen atoms in total. The zero-order valence-corrected chi connectivity index (χ0v) is 14.7. The minimum Gasteiger partial charge on any atom is -0.302 e. The molecule has 0 N–H and O–H groups in total. The molecular weight excluding hydrogens is 322 g/mol. The first-order valence-corrected chi connectivity index (χ1v) is 8.50. The van der Waals surface area contributed by atoms with Crippen LogP contribution in [0, 0.1) is 11.8 Å². The van der Waals surface area contributed by atoms with Gasteiger partial charge in [0.05, 0.1) is 8.66 Å². The number of Topliss-reactive ketones (excluding diaryl/α,β-unsaturated/α-hetero) is 1. The molecule has 0 fully saturated rings. The van der Waals surface area contributed by atoms with Crippen LogP contribution in [0.1, 0.15) is 43.8 Å². The van der Waals surface area contributed by atoms with E-state index in [1.807, 2.05) is 12.1 Å². The second-order valence-electron chi connectivity index (χ2n) is 5.82. The zero-order chi connectivity index (χ0) is 14.4. The summed E-state index contributed by atoms with van der Waals surface area (Å²) in [5.41, 5.74) is 0. The summed E-state index contributed by atoms with van der Waals surface area (Å²) in [6.45, 7) is 11.9. The van der Waals surface area contributed by atoms with Gasteiger partial charge in [-0.15, -0.1) is 11.3 Å². The van der Waals surface area contributed by atoms with Crippen molar-refractivity contribution in [1.82, 2.24) is 4.90 Å². The van der Waals surface area contributed by atoms with Gasteiger partial charge < -0.3 is 4.90 Å². The average Bonchev–Trinajstić information content (AvgIpc) is 2.71. The highest BCUT2D eigenvalue weighted by atomic mass is 79.9. The largest absolute Gasteiger partial charge is 0.302 e. The smallest absolute Gasteiger partial charge is 0.174 e. The maximum Gasteiger partial charge on any atom is 0.174 e. The molecule has 0 bridgehead atoms. The Kier molecular flexibility index (Phi) is 7.26. The standard InChI is InChI=1S/C15H24BrNOS/c1-11(2)9-17(10-12(3)4)8-7-13(18)14-5-6-15(16)19-14/h5-6,11-12H,7-10H2,1-4H3. The van der Waals surface area contributed by atoms with Crippen molar-refractivity contribution in [2.24, 2.45) is 11.8 Å². The van der Waals surface area contributed by atoms with Gasteiger partial charge in [-0.2, -0.15) is 0 Å². The van der Waals surface area contributed by atoms with Crippen LogP contribution in [-0.2, 0) is 0 Å². The van der Waals surface area contributed by atoms with Gasteiger partial charge in [0.15, 0.2) is 5.78 Å². The van der Waals surface area contributed by atoms with Gasteiger partial charge in [0.2, 0.25) is 0 Å². The minimum absolute atomic E-state index is 0.258. The molecule has 0 aliphatic heterocycles. The van der Waals surface area contributed by atoms with Crippen LogP contribution in [0.5, 0.6) is 0 Å². The highest BCUT2D eigenvalue weighted by molar-refractivity contribution is 9.11. The zero-order valence-electron chi connectivity index (χ0n) is 12.3. The molecule has 1 heterocycles. The number of thiophene rings is 1. The van der Waals surface area contributed by atoms with Gasteiger partial charge in [0, 0.05) is 26.1 Å². The lowest BCUT2D eigenvalue weighted by molar-refractivity contribution is 0.0960. The van der Waals surface area contributed by atoms with E-state index in [2.05, 4.69) is 48.5 Å². The van der Waals surface area contributed by atoms with Crippen LogP contribution in [0.3, 0.4) is 0 Å². The summed E-state index contributed by atoms with van der Waals surface area (Å²) < 4.78 is 1.03.